The zero-order valence-corrected chi connectivity index (χ0v) is 69.7. The summed E-state index contributed by atoms with van der Waals surface area (Å²) in [5.41, 5.74) is 0. The quantitative estimate of drug-likeness (QED) is 0.0222. The third-order valence-electron chi connectivity index (χ3n) is 20.3. The zero-order chi connectivity index (χ0) is 76.0. The Balaban J connectivity index is 5.25. The smallest absolute Gasteiger partial charge is 0.462 e. The van der Waals surface area contributed by atoms with Gasteiger partial charge in [0.15, 0.2) is 12.2 Å². The van der Waals surface area contributed by atoms with Crippen molar-refractivity contribution >= 4 is 39.5 Å². The second-order valence-electron chi connectivity index (χ2n) is 31.7. The number of carbonyl (C=O) groups is 4. The minimum absolute atomic E-state index is 0.107. The lowest BCUT2D eigenvalue weighted by molar-refractivity contribution is -0.161. The molecule has 0 radical (unpaired) electrons. The van der Waals surface area contributed by atoms with Gasteiger partial charge in [0.05, 0.1) is 26.4 Å². The fourth-order valence-electron chi connectivity index (χ4n) is 12.9. The number of unbranched alkanes of at least 4 members (excludes halogenated alkanes) is 45. The Bertz CT molecular complexity index is 2010. The van der Waals surface area contributed by atoms with Crippen molar-refractivity contribution < 1.29 is 80.2 Å². The highest BCUT2D eigenvalue weighted by Crippen LogP contribution is 2.45. The Kier molecular flexibility index (Phi) is 71.5. The summed E-state index contributed by atoms with van der Waals surface area (Å²) in [6.45, 7) is 14.3. The van der Waals surface area contributed by atoms with Crippen LogP contribution in [0, 0.1) is 23.7 Å². The first kappa shape index (κ1) is 101. The molecule has 0 aromatic carbocycles. The van der Waals surface area contributed by atoms with E-state index in [-0.39, 0.29) is 25.7 Å². The minimum atomic E-state index is -4.97. The molecular formula is C84H164O17P2. The maximum Gasteiger partial charge on any atom is 0.472 e. The molecule has 0 rings (SSSR count). The lowest BCUT2D eigenvalue weighted by atomic mass is 9.99. The molecule has 17 nitrogen and oxygen atoms in total. The van der Waals surface area contributed by atoms with Crippen LogP contribution in [0.15, 0.2) is 0 Å². The summed E-state index contributed by atoms with van der Waals surface area (Å²) in [6, 6.07) is 0. The van der Waals surface area contributed by atoms with Gasteiger partial charge in [-0.1, -0.05) is 383 Å². The summed E-state index contributed by atoms with van der Waals surface area (Å²) in [7, 11) is -9.93. The first-order valence-corrected chi connectivity index (χ1v) is 46.3. The van der Waals surface area contributed by atoms with Gasteiger partial charge in [-0.25, -0.2) is 9.13 Å². The molecule has 0 amide bonds. The Morgan fingerprint density at radius 3 is 0.689 bits per heavy atom. The van der Waals surface area contributed by atoms with E-state index in [2.05, 4.69) is 55.4 Å². The number of hydrogen-bond acceptors (Lipinski definition) is 15. The van der Waals surface area contributed by atoms with Gasteiger partial charge < -0.3 is 33.8 Å². The van der Waals surface area contributed by atoms with Gasteiger partial charge in [-0.2, -0.15) is 0 Å². The monoisotopic (exact) mass is 1510 g/mol. The number of esters is 4. The van der Waals surface area contributed by atoms with E-state index in [1.165, 1.54) is 231 Å². The van der Waals surface area contributed by atoms with E-state index in [1.807, 2.05) is 0 Å². The topological polar surface area (TPSA) is 237 Å². The second-order valence-corrected chi connectivity index (χ2v) is 34.6. The summed E-state index contributed by atoms with van der Waals surface area (Å²) in [5, 5.41) is 10.7. The molecule has 3 N–H and O–H groups in total. The summed E-state index contributed by atoms with van der Waals surface area (Å²) in [4.78, 5) is 73.2. The van der Waals surface area contributed by atoms with Crippen LogP contribution >= 0.6 is 15.6 Å². The first-order valence-electron chi connectivity index (χ1n) is 43.3. The molecule has 5 unspecified atom stereocenters. The number of ether oxygens (including phenoxy) is 4. The molecular weight excluding hydrogens is 1340 g/mol. The first-order chi connectivity index (χ1) is 49.7. The SMILES string of the molecule is CCC(C)CCCCCCCCCCCCCCCCC(=O)O[C@H](COC(=O)CCCCCCCCCCCCCCCCC(C)C)COP(=O)(O)OCC(O)COP(=O)(O)OC[C@@H](COC(=O)CCCCCCCCCC(C)C)OC(=O)CCCCCCCCCCCCCCCCC(C)CC. The standard InChI is InChI=1S/C84H164O17P2/c1-9-76(7)62-54-46-38-30-24-18-12-15-21-27-33-41-50-58-66-83(88)100-79(70-94-81(86)64-56-48-40-32-26-20-14-11-17-23-29-36-44-52-60-74(3)4)72-98-102(90,91)96-68-78(85)69-97-103(92,93)99-73-80(71-95-82(87)65-57-49-43-35-37-45-53-61-75(5)6)101-84(89)67-59-51-42-34-28-22-16-13-19-25-31-39-47-55-63-77(8)10-2/h74-80,85H,9-73H2,1-8H3,(H,90,91)(H,92,93)/t76?,77?,78?,79-,80-/m1/s1. The lowest BCUT2D eigenvalue weighted by Gasteiger charge is -2.21. The Morgan fingerprint density at radius 2 is 0.466 bits per heavy atom. The van der Waals surface area contributed by atoms with Crippen LogP contribution in [0.25, 0.3) is 0 Å². The van der Waals surface area contributed by atoms with Crippen LogP contribution in [0.4, 0.5) is 0 Å². The molecule has 0 bridgehead atoms. The van der Waals surface area contributed by atoms with Crippen LogP contribution in [-0.4, -0.2) is 96.7 Å². The van der Waals surface area contributed by atoms with Gasteiger partial charge in [0.2, 0.25) is 0 Å². The molecule has 7 atom stereocenters. The van der Waals surface area contributed by atoms with Gasteiger partial charge >= 0.3 is 39.5 Å². The van der Waals surface area contributed by atoms with E-state index in [1.54, 1.807) is 0 Å². The van der Waals surface area contributed by atoms with Crippen LogP contribution in [-0.2, 0) is 65.4 Å². The second kappa shape index (κ2) is 72.9. The van der Waals surface area contributed by atoms with E-state index < -0.39 is 97.5 Å². The molecule has 0 aliphatic carbocycles. The molecule has 0 saturated heterocycles. The average molecular weight is 1510 g/mol. The third-order valence-corrected chi connectivity index (χ3v) is 22.2. The number of phosphoric acid groups is 2. The van der Waals surface area contributed by atoms with Gasteiger partial charge in [-0.05, 0) is 49.4 Å². The van der Waals surface area contributed by atoms with Crippen LogP contribution in [0.3, 0.4) is 0 Å². The van der Waals surface area contributed by atoms with Crippen LogP contribution in [0.5, 0.6) is 0 Å². The summed E-state index contributed by atoms with van der Waals surface area (Å²) < 4.78 is 68.8. The van der Waals surface area contributed by atoms with Gasteiger partial charge in [0.25, 0.3) is 0 Å². The summed E-state index contributed by atoms with van der Waals surface area (Å²) in [5.74, 6) is 1.09. The van der Waals surface area contributed by atoms with Gasteiger partial charge in [-0.3, -0.25) is 37.3 Å². The number of carbonyl (C=O) groups excluding carboxylic acids is 4. The fourth-order valence-corrected chi connectivity index (χ4v) is 14.5. The number of phosphoric ester groups is 2. The predicted octanol–water partition coefficient (Wildman–Crippen LogP) is 25.2. The Morgan fingerprint density at radius 1 is 0.272 bits per heavy atom. The van der Waals surface area contributed by atoms with E-state index >= 15 is 0 Å². The van der Waals surface area contributed by atoms with Crippen molar-refractivity contribution in [2.45, 2.75) is 453 Å². The lowest BCUT2D eigenvalue weighted by Crippen LogP contribution is -2.30. The van der Waals surface area contributed by atoms with E-state index in [0.29, 0.717) is 31.6 Å². The normalized spacial score (nSPS) is 14.5. The summed E-state index contributed by atoms with van der Waals surface area (Å²) >= 11 is 0. The van der Waals surface area contributed by atoms with Crippen molar-refractivity contribution in [3.63, 3.8) is 0 Å². The van der Waals surface area contributed by atoms with Gasteiger partial charge in [0.1, 0.15) is 19.3 Å². The minimum Gasteiger partial charge on any atom is -0.462 e. The molecule has 0 fully saturated rings. The van der Waals surface area contributed by atoms with Crippen LogP contribution < -0.4 is 0 Å². The highest BCUT2D eigenvalue weighted by atomic mass is 31.2. The van der Waals surface area contributed by atoms with Gasteiger partial charge in [0, 0.05) is 25.7 Å². The van der Waals surface area contributed by atoms with Crippen molar-refractivity contribution in [3.05, 3.63) is 0 Å². The van der Waals surface area contributed by atoms with E-state index in [9.17, 15) is 43.2 Å². The highest BCUT2D eigenvalue weighted by Gasteiger charge is 2.30. The maximum atomic E-state index is 13.1. The summed E-state index contributed by atoms with van der Waals surface area (Å²) in [6.07, 6.45) is 61.0. The fraction of sp³-hybridized carbons (Fsp3) is 0.952. The molecule has 0 aromatic heterocycles. The van der Waals surface area contributed by atoms with Crippen molar-refractivity contribution in [1.29, 1.82) is 0 Å². The predicted molar refractivity (Wildman–Crippen MR) is 423 cm³/mol. The molecule has 612 valence electrons. The highest BCUT2D eigenvalue weighted by molar-refractivity contribution is 7.47. The average Bonchev–Trinajstić information content (AvgIpc) is 0.928. The number of aliphatic hydroxyl groups is 1. The molecule has 0 spiro atoms. The molecule has 19 heteroatoms. The Hall–Kier alpha value is -1.94. The zero-order valence-electron chi connectivity index (χ0n) is 68.0. The molecule has 0 aromatic rings. The van der Waals surface area contributed by atoms with Crippen molar-refractivity contribution in [3.8, 4) is 0 Å². The van der Waals surface area contributed by atoms with Crippen molar-refractivity contribution in [2.75, 3.05) is 39.6 Å². The van der Waals surface area contributed by atoms with Gasteiger partial charge in [-0.15, -0.1) is 0 Å². The van der Waals surface area contributed by atoms with E-state index in [4.69, 9.17) is 37.0 Å². The number of rotatable bonds is 81. The van der Waals surface area contributed by atoms with Crippen LogP contribution in [0.1, 0.15) is 434 Å². The molecule has 0 saturated carbocycles. The molecule has 103 heavy (non-hydrogen) atoms. The number of aliphatic hydroxyl groups excluding tert-OH is 1. The maximum absolute atomic E-state index is 13.1. The Labute approximate surface area is 632 Å². The van der Waals surface area contributed by atoms with Crippen molar-refractivity contribution in [1.82, 2.24) is 0 Å². The molecule has 0 aliphatic rings. The van der Waals surface area contributed by atoms with Crippen LogP contribution in [0.2, 0.25) is 0 Å². The van der Waals surface area contributed by atoms with E-state index in [0.717, 1.165) is 114 Å². The number of hydrogen-bond donors (Lipinski definition) is 3. The third kappa shape index (κ3) is 75.3. The van der Waals surface area contributed by atoms with Crippen molar-refractivity contribution in [2.24, 2.45) is 23.7 Å². The largest absolute Gasteiger partial charge is 0.472 e. The molecule has 0 heterocycles. The molecule has 0 aliphatic heterocycles.